The summed E-state index contributed by atoms with van der Waals surface area (Å²) < 4.78 is 0. The van der Waals surface area contributed by atoms with Gasteiger partial charge in [-0.1, -0.05) is 0 Å². The molecule has 9 nitrogen and oxygen atoms in total. The van der Waals surface area contributed by atoms with Crippen LogP contribution < -0.4 is 10.7 Å². The number of carbonyl (C=O) groups is 4. The van der Waals surface area contributed by atoms with Crippen molar-refractivity contribution in [1.29, 1.82) is 0 Å². The highest BCUT2D eigenvalue weighted by molar-refractivity contribution is 6.39. The molecule has 3 heterocycles. The van der Waals surface area contributed by atoms with Crippen molar-refractivity contribution >= 4 is 35.0 Å². The maximum Gasteiger partial charge on any atom is 0.270 e. The number of nitrogens with one attached hydrogen (secondary N) is 2. The van der Waals surface area contributed by atoms with E-state index in [1.54, 1.807) is 28.0 Å². The normalized spacial score (nSPS) is 19.2. The fourth-order valence-electron chi connectivity index (χ4n) is 3.47. The molecule has 4 amide bonds. The highest BCUT2D eigenvalue weighted by atomic mass is 16.2. The van der Waals surface area contributed by atoms with Gasteiger partial charge in [0.05, 0.1) is 6.42 Å². The van der Waals surface area contributed by atoms with Gasteiger partial charge in [-0.2, -0.15) is 5.10 Å². The second-order valence-electron chi connectivity index (χ2n) is 6.77. The molecule has 0 aromatic heterocycles. The summed E-state index contributed by atoms with van der Waals surface area (Å²) in [5.41, 5.74) is 4.82. The van der Waals surface area contributed by atoms with Gasteiger partial charge >= 0.3 is 0 Å². The van der Waals surface area contributed by atoms with Gasteiger partial charge in [-0.05, 0) is 23.8 Å². The number of nitrogens with zero attached hydrogens (tertiary/aromatic N) is 3. The lowest BCUT2D eigenvalue weighted by atomic mass is 10.1. The molecule has 0 saturated carbocycles. The van der Waals surface area contributed by atoms with Gasteiger partial charge in [0.1, 0.15) is 5.71 Å². The number of amides is 4. The third-order valence-corrected chi connectivity index (χ3v) is 4.98. The first kappa shape index (κ1) is 17.2. The molecule has 0 aliphatic carbocycles. The molecule has 1 saturated heterocycles. The van der Waals surface area contributed by atoms with E-state index in [0.717, 1.165) is 11.3 Å². The monoisotopic (exact) mass is 369 g/mol. The maximum absolute atomic E-state index is 12.7. The van der Waals surface area contributed by atoms with Crippen LogP contribution in [0.5, 0.6) is 0 Å². The molecule has 1 aromatic rings. The molecule has 3 aliphatic rings. The summed E-state index contributed by atoms with van der Waals surface area (Å²) in [5.74, 6) is -0.549. The van der Waals surface area contributed by atoms with Crippen LogP contribution in [0.1, 0.15) is 28.8 Å². The number of benzene rings is 1. The van der Waals surface area contributed by atoms with Crippen LogP contribution in [-0.2, 0) is 20.8 Å². The van der Waals surface area contributed by atoms with Crippen molar-refractivity contribution in [3.63, 3.8) is 0 Å². The van der Waals surface area contributed by atoms with E-state index in [4.69, 9.17) is 0 Å². The molecule has 0 bridgehead atoms. The Balaban J connectivity index is 1.37. The minimum Gasteiger partial charge on any atom is -0.335 e. The van der Waals surface area contributed by atoms with E-state index in [1.807, 2.05) is 0 Å². The SMILES string of the molecule is O=C1CCC(C(=O)N2CCN(C(=O)c3ccc4c(c3)CC(=O)N4)CC2)=NN1. The van der Waals surface area contributed by atoms with Crippen LogP contribution >= 0.6 is 0 Å². The molecule has 140 valence electrons. The lowest BCUT2D eigenvalue weighted by Gasteiger charge is -2.35. The number of fused-ring (bicyclic) bond motifs is 1. The Bertz CT molecular complexity index is 871. The number of hydrogen-bond acceptors (Lipinski definition) is 5. The summed E-state index contributed by atoms with van der Waals surface area (Å²) in [6, 6.07) is 5.22. The van der Waals surface area contributed by atoms with E-state index in [9.17, 15) is 19.2 Å². The number of piperazine rings is 1. The molecule has 3 aliphatic heterocycles. The highest BCUT2D eigenvalue weighted by Gasteiger charge is 2.29. The molecule has 27 heavy (non-hydrogen) atoms. The molecular weight excluding hydrogens is 350 g/mol. The minimum atomic E-state index is -0.191. The first-order valence-corrected chi connectivity index (χ1v) is 8.88. The Labute approximate surface area is 155 Å². The van der Waals surface area contributed by atoms with Gasteiger partial charge in [0.15, 0.2) is 0 Å². The third-order valence-electron chi connectivity index (χ3n) is 4.98. The van der Waals surface area contributed by atoms with Gasteiger partial charge in [-0.25, -0.2) is 5.43 Å². The first-order chi connectivity index (χ1) is 13.0. The van der Waals surface area contributed by atoms with Gasteiger partial charge in [0, 0.05) is 50.3 Å². The van der Waals surface area contributed by atoms with Crippen molar-refractivity contribution in [1.82, 2.24) is 15.2 Å². The van der Waals surface area contributed by atoms with Crippen molar-refractivity contribution < 1.29 is 19.2 Å². The summed E-state index contributed by atoms with van der Waals surface area (Å²) in [6.45, 7) is 1.70. The zero-order chi connectivity index (χ0) is 19.0. The fourth-order valence-corrected chi connectivity index (χ4v) is 3.47. The molecule has 4 rings (SSSR count). The number of anilines is 1. The van der Waals surface area contributed by atoms with E-state index in [2.05, 4.69) is 15.8 Å². The molecule has 9 heteroatoms. The fraction of sp³-hybridized carbons (Fsp3) is 0.389. The summed E-state index contributed by atoms with van der Waals surface area (Å²) >= 11 is 0. The van der Waals surface area contributed by atoms with Crippen LogP contribution in [0.15, 0.2) is 23.3 Å². The van der Waals surface area contributed by atoms with Crippen molar-refractivity contribution in [2.45, 2.75) is 19.3 Å². The van der Waals surface area contributed by atoms with E-state index >= 15 is 0 Å². The van der Waals surface area contributed by atoms with Gasteiger partial charge < -0.3 is 15.1 Å². The van der Waals surface area contributed by atoms with Crippen LogP contribution in [-0.4, -0.2) is 65.3 Å². The maximum atomic E-state index is 12.7. The van der Waals surface area contributed by atoms with E-state index < -0.39 is 0 Å². The van der Waals surface area contributed by atoms with Crippen molar-refractivity contribution in [2.75, 3.05) is 31.5 Å². The Morgan fingerprint density at radius 2 is 1.63 bits per heavy atom. The van der Waals surface area contributed by atoms with E-state index in [1.165, 1.54) is 0 Å². The van der Waals surface area contributed by atoms with Crippen LogP contribution in [0, 0.1) is 0 Å². The summed E-state index contributed by atoms with van der Waals surface area (Å²) in [5, 5.41) is 6.59. The van der Waals surface area contributed by atoms with Crippen molar-refractivity contribution in [3.8, 4) is 0 Å². The molecule has 2 N–H and O–H groups in total. The van der Waals surface area contributed by atoms with Gasteiger partial charge in [-0.3, -0.25) is 19.2 Å². The smallest absolute Gasteiger partial charge is 0.270 e. The predicted octanol–water partition coefficient (Wildman–Crippen LogP) is -0.268. The zero-order valence-electron chi connectivity index (χ0n) is 14.7. The van der Waals surface area contributed by atoms with Crippen molar-refractivity contribution in [2.24, 2.45) is 5.10 Å². The van der Waals surface area contributed by atoms with Gasteiger partial charge in [0.25, 0.3) is 11.8 Å². The number of rotatable bonds is 2. The second kappa shape index (κ2) is 6.82. The van der Waals surface area contributed by atoms with Crippen LogP contribution in [0.3, 0.4) is 0 Å². The van der Waals surface area contributed by atoms with Crippen molar-refractivity contribution in [3.05, 3.63) is 29.3 Å². The van der Waals surface area contributed by atoms with Crippen LogP contribution in [0.25, 0.3) is 0 Å². The van der Waals surface area contributed by atoms with Crippen LogP contribution in [0.2, 0.25) is 0 Å². The second-order valence-corrected chi connectivity index (χ2v) is 6.77. The molecule has 0 spiro atoms. The standard InChI is InChI=1S/C18H19N5O4/c24-15-4-3-14(20-21-15)18(27)23-7-5-22(6-8-23)17(26)11-1-2-13-12(9-11)10-16(25)19-13/h1-2,9H,3-8,10H2,(H,19,25)(H,21,24). The lowest BCUT2D eigenvalue weighted by Crippen LogP contribution is -2.52. The topological polar surface area (TPSA) is 111 Å². The number of carbonyl (C=O) groups excluding carboxylic acids is 4. The van der Waals surface area contributed by atoms with Crippen LogP contribution in [0.4, 0.5) is 5.69 Å². The van der Waals surface area contributed by atoms with E-state index in [0.29, 0.717) is 43.9 Å². The Morgan fingerprint density at radius 1 is 0.926 bits per heavy atom. The summed E-state index contributed by atoms with van der Waals surface area (Å²) in [7, 11) is 0. The summed E-state index contributed by atoms with van der Waals surface area (Å²) in [4.78, 5) is 51.2. The molecule has 1 fully saturated rings. The predicted molar refractivity (Wildman–Crippen MR) is 96.1 cm³/mol. The lowest BCUT2D eigenvalue weighted by molar-refractivity contribution is -0.126. The average Bonchev–Trinajstić information content (AvgIpc) is 3.07. The molecule has 1 aromatic carbocycles. The molecular formula is C18H19N5O4. The number of hydrogen-bond donors (Lipinski definition) is 2. The quantitative estimate of drug-likeness (QED) is 0.748. The summed E-state index contributed by atoms with van der Waals surface area (Å²) in [6.07, 6.45) is 0.891. The van der Waals surface area contributed by atoms with E-state index in [-0.39, 0.29) is 36.5 Å². The van der Waals surface area contributed by atoms with Gasteiger partial charge in [-0.15, -0.1) is 0 Å². The molecule has 0 radical (unpaired) electrons. The minimum absolute atomic E-state index is 0.0662. The highest BCUT2D eigenvalue weighted by Crippen LogP contribution is 2.24. The zero-order valence-corrected chi connectivity index (χ0v) is 14.7. The Morgan fingerprint density at radius 3 is 2.30 bits per heavy atom. The first-order valence-electron chi connectivity index (χ1n) is 8.88. The Hall–Kier alpha value is -3.23. The number of hydrazone groups is 1. The average molecular weight is 369 g/mol. The largest absolute Gasteiger partial charge is 0.335 e. The van der Waals surface area contributed by atoms with Gasteiger partial charge in [0.2, 0.25) is 11.8 Å². The molecule has 0 unspecified atom stereocenters. The Kier molecular flexibility index (Phi) is 4.35. The third kappa shape index (κ3) is 3.40. The molecule has 0 atom stereocenters.